The first-order valence-electron chi connectivity index (χ1n) is 7.26. The number of aliphatic hydroxyl groups is 1. The Morgan fingerprint density at radius 1 is 1.38 bits per heavy atom. The fourth-order valence-corrected chi connectivity index (χ4v) is 3.33. The van der Waals surface area contributed by atoms with Gasteiger partial charge in [-0.2, -0.15) is 11.8 Å². The summed E-state index contributed by atoms with van der Waals surface area (Å²) in [5.74, 6) is 5.39. The number of carbonyl (C=O) groups excluding carboxylic acids is 1. The highest BCUT2D eigenvalue weighted by Gasteiger charge is 2.22. The van der Waals surface area contributed by atoms with Crippen molar-refractivity contribution in [3.05, 3.63) is 35.4 Å². The van der Waals surface area contributed by atoms with Crippen LogP contribution < -0.4 is 5.32 Å². The first-order valence-corrected chi connectivity index (χ1v) is 8.55. The molecule has 1 aromatic carbocycles. The highest BCUT2D eigenvalue weighted by Crippen LogP contribution is 2.26. The Hall–Kier alpha value is -1.44. The lowest BCUT2D eigenvalue weighted by Gasteiger charge is -2.28. The monoisotopic (exact) mass is 303 g/mol. The van der Waals surface area contributed by atoms with Crippen molar-refractivity contribution in [3.8, 4) is 11.8 Å². The Kier molecular flexibility index (Phi) is 6.16. The molecule has 1 saturated carbocycles. The molecule has 0 heterocycles. The van der Waals surface area contributed by atoms with Crippen LogP contribution in [-0.4, -0.2) is 35.2 Å². The number of aliphatic hydroxyl groups excluding tert-OH is 1. The van der Waals surface area contributed by atoms with Crippen molar-refractivity contribution in [3.63, 3.8) is 0 Å². The molecule has 4 heteroatoms. The maximum absolute atomic E-state index is 12.3. The summed E-state index contributed by atoms with van der Waals surface area (Å²) in [4.78, 5) is 12.3. The molecule has 2 N–H and O–H groups in total. The number of hydrogen-bond donors (Lipinski definition) is 2. The first-order chi connectivity index (χ1) is 10.2. The molecule has 3 nitrogen and oxygen atoms in total. The van der Waals surface area contributed by atoms with E-state index in [0.717, 1.165) is 23.7 Å². The quantitative estimate of drug-likeness (QED) is 0.843. The molecule has 112 valence electrons. The smallest absolute Gasteiger partial charge is 0.251 e. The molecule has 0 saturated heterocycles. The van der Waals surface area contributed by atoms with Crippen LogP contribution in [0.3, 0.4) is 0 Å². The van der Waals surface area contributed by atoms with E-state index in [0.29, 0.717) is 5.56 Å². The lowest BCUT2D eigenvalue weighted by atomic mass is 9.94. The van der Waals surface area contributed by atoms with E-state index in [1.807, 2.05) is 23.9 Å². The fraction of sp³-hybridized carbons (Fsp3) is 0.471. The molecule has 2 rings (SSSR count). The molecule has 1 aromatic rings. The average molecular weight is 303 g/mol. The molecular weight excluding hydrogens is 282 g/mol. The van der Waals surface area contributed by atoms with Crippen LogP contribution in [0.1, 0.15) is 41.6 Å². The van der Waals surface area contributed by atoms with E-state index in [1.165, 1.54) is 12.8 Å². The zero-order valence-corrected chi connectivity index (χ0v) is 13.1. The predicted octanol–water partition coefficient (Wildman–Crippen LogP) is 2.43. The largest absolute Gasteiger partial charge is 0.384 e. The third-order valence-electron chi connectivity index (χ3n) is 3.78. The van der Waals surface area contributed by atoms with E-state index in [1.54, 1.807) is 12.1 Å². The van der Waals surface area contributed by atoms with Crippen molar-refractivity contribution in [2.75, 3.05) is 12.9 Å². The van der Waals surface area contributed by atoms with Crippen molar-refractivity contribution in [1.82, 2.24) is 5.32 Å². The van der Waals surface area contributed by atoms with E-state index in [4.69, 9.17) is 5.11 Å². The minimum atomic E-state index is -0.172. The van der Waals surface area contributed by atoms with Gasteiger partial charge in [0.2, 0.25) is 0 Å². The molecule has 21 heavy (non-hydrogen) atoms. The van der Waals surface area contributed by atoms with E-state index in [9.17, 15) is 4.79 Å². The molecule has 0 aromatic heterocycles. The number of amides is 1. The Balaban J connectivity index is 1.94. The van der Waals surface area contributed by atoms with E-state index in [-0.39, 0.29) is 18.6 Å². The average Bonchev–Trinajstić information content (AvgIpc) is 2.54. The molecule has 0 aliphatic heterocycles. The Bertz CT molecular complexity index is 539. The number of nitrogens with one attached hydrogen (secondary N) is 1. The highest BCUT2D eigenvalue weighted by molar-refractivity contribution is 7.99. The zero-order valence-electron chi connectivity index (χ0n) is 12.3. The van der Waals surface area contributed by atoms with Crippen LogP contribution in [0, 0.1) is 11.8 Å². The summed E-state index contributed by atoms with van der Waals surface area (Å²) in [7, 11) is 0. The second-order valence-electron chi connectivity index (χ2n) is 5.22. The van der Waals surface area contributed by atoms with Crippen molar-refractivity contribution in [1.29, 1.82) is 0 Å². The summed E-state index contributed by atoms with van der Waals surface area (Å²) < 4.78 is 0. The standard InChI is InChI=1S/C17H21NO2S/c1-21-16-9-7-15(8-10-16)18-17(20)14-6-2-4-13(12-14)5-3-11-19/h2,4,6,12,15-16,19H,7-11H2,1H3,(H,18,20). The third kappa shape index (κ3) is 4.80. The van der Waals surface area contributed by atoms with Gasteiger partial charge in [0, 0.05) is 22.4 Å². The lowest BCUT2D eigenvalue weighted by molar-refractivity contribution is 0.0928. The van der Waals surface area contributed by atoms with Gasteiger partial charge in [-0.3, -0.25) is 4.79 Å². The number of hydrogen-bond acceptors (Lipinski definition) is 3. The maximum Gasteiger partial charge on any atom is 0.251 e. The maximum atomic E-state index is 12.3. The molecule has 0 spiro atoms. The predicted molar refractivity (Wildman–Crippen MR) is 87.4 cm³/mol. The summed E-state index contributed by atoms with van der Waals surface area (Å²) >= 11 is 1.92. The number of rotatable bonds is 3. The van der Waals surface area contributed by atoms with Crippen LogP contribution in [0.15, 0.2) is 24.3 Å². The summed E-state index contributed by atoms with van der Waals surface area (Å²) in [6.07, 6.45) is 6.62. The molecule has 0 radical (unpaired) electrons. The van der Waals surface area contributed by atoms with Crippen molar-refractivity contribution in [2.24, 2.45) is 0 Å². The number of thioether (sulfide) groups is 1. The molecule has 0 atom stereocenters. The number of carbonyl (C=O) groups is 1. The van der Waals surface area contributed by atoms with Gasteiger partial charge in [-0.1, -0.05) is 17.9 Å². The van der Waals surface area contributed by atoms with Crippen LogP contribution >= 0.6 is 11.8 Å². The molecular formula is C17H21NO2S. The molecule has 0 unspecified atom stereocenters. The van der Waals surface area contributed by atoms with Gasteiger partial charge >= 0.3 is 0 Å². The Morgan fingerprint density at radius 3 is 2.81 bits per heavy atom. The summed E-state index contributed by atoms with van der Waals surface area (Å²) in [6.45, 7) is -0.172. The van der Waals surface area contributed by atoms with Gasteiger partial charge in [0.25, 0.3) is 5.91 Å². The normalized spacial score (nSPS) is 21.2. The van der Waals surface area contributed by atoms with Crippen molar-refractivity contribution < 1.29 is 9.90 Å². The summed E-state index contributed by atoms with van der Waals surface area (Å²) in [6, 6.07) is 7.51. The van der Waals surface area contributed by atoms with Gasteiger partial charge in [-0.05, 0) is 50.1 Å². The van der Waals surface area contributed by atoms with Crippen LogP contribution in [0.4, 0.5) is 0 Å². The van der Waals surface area contributed by atoms with Crippen molar-refractivity contribution >= 4 is 17.7 Å². The van der Waals surface area contributed by atoms with Gasteiger partial charge in [-0.25, -0.2) is 0 Å². The zero-order chi connectivity index (χ0) is 15.1. The molecule has 1 aliphatic carbocycles. The van der Waals surface area contributed by atoms with Crippen LogP contribution in [-0.2, 0) is 0 Å². The van der Waals surface area contributed by atoms with E-state index >= 15 is 0 Å². The third-order valence-corrected chi connectivity index (χ3v) is 4.92. The van der Waals surface area contributed by atoms with E-state index < -0.39 is 0 Å². The van der Waals surface area contributed by atoms with Crippen LogP contribution in [0.5, 0.6) is 0 Å². The van der Waals surface area contributed by atoms with Crippen LogP contribution in [0.2, 0.25) is 0 Å². The topological polar surface area (TPSA) is 49.3 Å². The first kappa shape index (κ1) is 15.9. The van der Waals surface area contributed by atoms with Gasteiger partial charge in [0.15, 0.2) is 0 Å². The molecule has 1 amide bonds. The summed E-state index contributed by atoms with van der Waals surface area (Å²) in [5, 5.41) is 12.6. The SMILES string of the molecule is CSC1CCC(NC(=O)c2cccc(C#CCO)c2)CC1. The molecule has 1 fully saturated rings. The van der Waals surface area contributed by atoms with Crippen LogP contribution in [0.25, 0.3) is 0 Å². The second-order valence-corrected chi connectivity index (χ2v) is 6.36. The van der Waals surface area contributed by atoms with Crippen molar-refractivity contribution in [2.45, 2.75) is 37.0 Å². The summed E-state index contributed by atoms with van der Waals surface area (Å²) in [5.41, 5.74) is 1.38. The fourth-order valence-electron chi connectivity index (χ4n) is 2.59. The molecule has 0 bridgehead atoms. The van der Waals surface area contributed by atoms with E-state index in [2.05, 4.69) is 23.4 Å². The van der Waals surface area contributed by atoms with Gasteiger partial charge in [0.05, 0.1) is 0 Å². The Labute approximate surface area is 130 Å². The van der Waals surface area contributed by atoms with Gasteiger partial charge in [-0.15, -0.1) is 0 Å². The Morgan fingerprint density at radius 2 is 2.14 bits per heavy atom. The molecule has 1 aliphatic rings. The van der Waals surface area contributed by atoms with Gasteiger partial charge in [0.1, 0.15) is 6.61 Å². The minimum Gasteiger partial charge on any atom is -0.384 e. The number of benzene rings is 1. The second kappa shape index (κ2) is 8.11. The van der Waals surface area contributed by atoms with Gasteiger partial charge < -0.3 is 10.4 Å². The highest BCUT2D eigenvalue weighted by atomic mass is 32.2. The minimum absolute atomic E-state index is 0.0322. The lowest BCUT2D eigenvalue weighted by Crippen LogP contribution is -2.38.